The molecule has 7 heteroatoms. The van der Waals surface area contributed by atoms with Crippen LogP contribution in [0, 0.1) is 0 Å². The van der Waals surface area contributed by atoms with Gasteiger partial charge in [0.2, 0.25) is 0 Å². The van der Waals surface area contributed by atoms with Crippen LogP contribution in [0.15, 0.2) is 78.9 Å². The molecule has 0 heterocycles. The molecule has 0 saturated heterocycles. The number of carbonyl (C=O) groups excluding carboxylic acids is 2. The van der Waals surface area contributed by atoms with Gasteiger partial charge in [0.15, 0.2) is 0 Å². The zero-order valence-electron chi connectivity index (χ0n) is 14.5. The van der Waals surface area contributed by atoms with Crippen molar-refractivity contribution >= 4 is 23.2 Å². The SMILES string of the molecule is O=C(Nc1ccc(NC(=O)C(F)(F)F)cc1)c1ccc(-c2ccccc2)cc1. The number of alkyl halides is 3. The van der Waals surface area contributed by atoms with Gasteiger partial charge in [-0.25, -0.2) is 0 Å². The Labute approximate surface area is 159 Å². The number of hydrogen-bond acceptors (Lipinski definition) is 2. The Kier molecular flexibility index (Phi) is 5.44. The molecule has 0 aromatic heterocycles. The smallest absolute Gasteiger partial charge is 0.322 e. The van der Waals surface area contributed by atoms with Crippen LogP contribution < -0.4 is 10.6 Å². The van der Waals surface area contributed by atoms with E-state index in [1.807, 2.05) is 42.5 Å². The quantitative estimate of drug-likeness (QED) is 0.657. The fourth-order valence-corrected chi connectivity index (χ4v) is 2.49. The second-order valence-corrected chi connectivity index (χ2v) is 5.93. The molecular weight excluding hydrogens is 369 g/mol. The Bertz CT molecular complexity index is 967. The first kappa shape index (κ1) is 19.2. The highest BCUT2D eigenvalue weighted by molar-refractivity contribution is 6.04. The summed E-state index contributed by atoms with van der Waals surface area (Å²) >= 11 is 0. The molecule has 142 valence electrons. The van der Waals surface area contributed by atoms with Crippen LogP contribution in [0.4, 0.5) is 24.5 Å². The van der Waals surface area contributed by atoms with Crippen molar-refractivity contribution in [3.63, 3.8) is 0 Å². The number of anilines is 2. The summed E-state index contributed by atoms with van der Waals surface area (Å²) < 4.78 is 36.7. The second-order valence-electron chi connectivity index (χ2n) is 5.93. The molecule has 0 aliphatic carbocycles. The lowest BCUT2D eigenvalue weighted by molar-refractivity contribution is -0.167. The molecule has 0 spiro atoms. The highest BCUT2D eigenvalue weighted by atomic mass is 19.4. The van der Waals surface area contributed by atoms with Gasteiger partial charge < -0.3 is 10.6 Å². The summed E-state index contributed by atoms with van der Waals surface area (Å²) in [5, 5.41) is 4.39. The molecule has 0 aliphatic heterocycles. The van der Waals surface area contributed by atoms with E-state index in [9.17, 15) is 22.8 Å². The molecule has 28 heavy (non-hydrogen) atoms. The number of rotatable bonds is 4. The monoisotopic (exact) mass is 384 g/mol. The number of hydrogen-bond donors (Lipinski definition) is 2. The maximum atomic E-state index is 12.3. The standard InChI is InChI=1S/C21H15F3N2O2/c22-21(23,24)20(28)26-18-12-10-17(11-13-18)25-19(27)16-8-6-15(7-9-16)14-4-2-1-3-5-14/h1-13H,(H,25,27)(H,26,28). The molecule has 2 amide bonds. The van der Waals surface area contributed by atoms with Gasteiger partial charge in [-0.15, -0.1) is 0 Å². The first-order valence-electron chi connectivity index (χ1n) is 8.28. The van der Waals surface area contributed by atoms with Gasteiger partial charge in [0.25, 0.3) is 5.91 Å². The number of nitrogens with one attached hydrogen (secondary N) is 2. The van der Waals surface area contributed by atoms with Crippen molar-refractivity contribution in [3.8, 4) is 11.1 Å². The summed E-state index contributed by atoms with van der Waals surface area (Å²) in [7, 11) is 0. The van der Waals surface area contributed by atoms with Gasteiger partial charge in [-0.1, -0.05) is 42.5 Å². The van der Waals surface area contributed by atoms with Crippen LogP contribution in [0.3, 0.4) is 0 Å². The topological polar surface area (TPSA) is 58.2 Å². The normalized spacial score (nSPS) is 11.0. The largest absolute Gasteiger partial charge is 0.471 e. The van der Waals surface area contributed by atoms with Crippen LogP contribution in [-0.4, -0.2) is 18.0 Å². The maximum Gasteiger partial charge on any atom is 0.471 e. The molecule has 2 N–H and O–H groups in total. The van der Waals surface area contributed by atoms with Gasteiger partial charge in [-0.05, 0) is 47.5 Å². The van der Waals surface area contributed by atoms with Crippen LogP contribution in [0.25, 0.3) is 11.1 Å². The fourth-order valence-electron chi connectivity index (χ4n) is 2.49. The van der Waals surface area contributed by atoms with Crippen molar-refractivity contribution in [2.24, 2.45) is 0 Å². The van der Waals surface area contributed by atoms with Gasteiger partial charge >= 0.3 is 12.1 Å². The number of carbonyl (C=O) groups is 2. The van der Waals surface area contributed by atoms with Crippen LogP contribution in [0.5, 0.6) is 0 Å². The van der Waals surface area contributed by atoms with E-state index in [2.05, 4.69) is 5.32 Å². The molecule has 0 saturated carbocycles. The maximum absolute atomic E-state index is 12.3. The Balaban J connectivity index is 1.64. The summed E-state index contributed by atoms with van der Waals surface area (Å²) in [6.45, 7) is 0. The molecule has 0 bridgehead atoms. The summed E-state index contributed by atoms with van der Waals surface area (Å²) in [5.41, 5.74) is 2.82. The van der Waals surface area contributed by atoms with E-state index in [1.54, 1.807) is 17.4 Å². The van der Waals surface area contributed by atoms with Gasteiger partial charge in [0, 0.05) is 16.9 Å². The van der Waals surface area contributed by atoms with E-state index in [0.29, 0.717) is 11.3 Å². The molecular formula is C21H15F3N2O2. The van der Waals surface area contributed by atoms with Crippen LogP contribution in [-0.2, 0) is 4.79 Å². The lowest BCUT2D eigenvalue weighted by Gasteiger charge is -2.10. The Morgan fingerprint density at radius 1 is 0.643 bits per heavy atom. The third-order valence-corrected chi connectivity index (χ3v) is 3.91. The van der Waals surface area contributed by atoms with Crippen molar-refractivity contribution in [3.05, 3.63) is 84.4 Å². The third kappa shape index (κ3) is 4.76. The van der Waals surface area contributed by atoms with E-state index in [-0.39, 0.29) is 11.6 Å². The lowest BCUT2D eigenvalue weighted by Crippen LogP contribution is -2.29. The summed E-state index contributed by atoms with van der Waals surface area (Å²) in [5.74, 6) is -2.41. The van der Waals surface area contributed by atoms with Crippen molar-refractivity contribution in [1.82, 2.24) is 0 Å². The van der Waals surface area contributed by atoms with E-state index >= 15 is 0 Å². The molecule has 0 fully saturated rings. The number of amides is 2. The molecule has 0 unspecified atom stereocenters. The minimum absolute atomic E-state index is 0.0208. The molecule has 3 aromatic carbocycles. The summed E-state index contributed by atoms with van der Waals surface area (Å²) in [6, 6.07) is 22.1. The Hall–Kier alpha value is -3.61. The van der Waals surface area contributed by atoms with Crippen molar-refractivity contribution in [1.29, 1.82) is 0 Å². The van der Waals surface area contributed by atoms with Crippen LogP contribution >= 0.6 is 0 Å². The third-order valence-electron chi connectivity index (χ3n) is 3.91. The lowest BCUT2D eigenvalue weighted by atomic mass is 10.0. The van der Waals surface area contributed by atoms with E-state index in [4.69, 9.17) is 0 Å². The zero-order valence-corrected chi connectivity index (χ0v) is 14.5. The average Bonchev–Trinajstić information content (AvgIpc) is 2.69. The van der Waals surface area contributed by atoms with Crippen molar-refractivity contribution in [2.75, 3.05) is 10.6 Å². The summed E-state index contributed by atoms with van der Waals surface area (Å²) in [4.78, 5) is 23.2. The van der Waals surface area contributed by atoms with Crippen LogP contribution in [0.1, 0.15) is 10.4 Å². The van der Waals surface area contributed by atoms with Gasteiger partial charge in [-0.3, -0.25) is 9.59 Å². The van der Waals surface area contributed by atoms with E-state index < -0.39 is 12.1 Å². The zero-order chi connectivity index (χ0) is 20.1. The molecule has 0 radical (unpaired) electrons. The predicted molar refractivity (Wildman–Crippen MR) is 101 cm³/mol. The van der Waals surface area contributed by atoms with Gasteiger partial charge in [0.1, 0.15) is 0 Å². The minimum atomic E-state index is -4.96. The van der Waals surface area contributed by atoms with E-state index in [1.165, 1.54) is 24.3 Å². The number of halogens is 3. The highest BCUT2D eigenvalue weighted by Crippen LogP contribution is 2.21. The molecule has 4 nitrogen and oxygen atoms in total. The highest BCUT2D eigenvalue weighted by Gasteiger charge is 2.38. The molecule has 0 atom stereocenters. The molecule has 3 rings (SSSR count). The number of benzene rings is 3. The van der Waals surface area contributed by atoms with Gasteiger partial charge in [0.05, 0.1) is 0 Å². The Morgan fingerprint density at radius 3 is 1.68 bits per heavy atom. The van der Waals surface area contributed by atoms with Crippen molar-refractivity contribution < 1.29 is 22.8 Å². The van der Waals surface area contributed by atoms with Gasteiger partial charge in [-0.2, -0.15) is 13.2 Å². The van der Waals surface area contributed by atoms with Crippen LogP contribution in [0.2, 0.25) is 0 Å². The minimum Gasteiger partial charge on any atom is -0.322 e. The first-order chi connectivity index (χ1) is 13.3. The second kappa shape index (κ2) is 7.96. The first-order valence-corrected chi connectivity index (χ1v) is 8.28. The predicted octanol–water partition coefficient (Wildman–Crippen LogP) is 5.11. The van der Waals surface area contributed by atoms with Crippen molar-refractivity contribution in [2.45, 2.75) is 6.18 Å². The fraction of sp³-hybridized carbons (Fsp3) is 0.0476. The Morgan fingerprint density at radius 2 is 1.14 bits per heavy atom. The average molecular weight is 384 g/mol. The summed E-state index contributed by atoms with van der Waals surface area (Å²) in [6.07, 6.45) is -4.96. The van der Waals surface area contributed by atoms with E-state index in [0.717, 1.165) is 11.1 Å². The molecule has 3 aromatic rings. The molecule has 0 aliphatic rings.